The van der Waals surface area contributed by atoms with E-state index in [4.69, 9.17) is 4.98 Å². The molecule has 1 aliphatic rings. The fraction of sp³-hybridized carbons (Fsp3) is 0.273. The highest BCUT2D eigenvalue weighted by atomic mass is 35.5. The molecule has 0 fully saturated rings. The number of carbonyl (C=O) groups is 1. The number of hydrogen-bond acceptors (Lipinski definition) is 5. The number of aromatic nitrogens is 1. The van der Waals surface area contributed by atoms with Gasteiger partial charge in [-0.25, -0.2) is 4.98 Å². The van der Waals surface area contributed by atoms with Crippen LogP contribution in [0.1, 0.15) is 11.1 Å². The molecule has 0 unspecified atom stereocenters. The first kappa shape index (κ1) is 20.9. The zero-order valence-electron chi connectivity index (χ0n) is 16.3. The minimum atomic E-state index is -0.0567. The molecule has 0 bridgehead atoms. The van der Waals surface area contributed by atoms with Crippen molar-refractivity contribution in [1.29, 1.82) is 0 Å². The topological polar surface area (TPSA) is 77.5 Å². The quantitative estimate of drug-likeness (QED) is 0.542. The highest BCUT2D eigenvalue weighted by molar-refractivity contribution is 6.04. The molecular formula is C22H25ClN4O2. The van der Waals surface area contributed by atoms with Crippen LogP contribution in [0.2, 0.25) is 0 Å². The molecule has 0 saturated carbocycles. The molecule has 4 rings (SSSR count). The summed E-state index contributed by atoms with van der Waals surface area (Å²) in [5, 5.41) is 16.6. The van der Waals surface area contributed by atoms with E-state index in [-0.39, 0.29) is 30.6 Å². The zero-order chi connectivity index (χ0) is 19.5. The monoisotopic (exact) mass is 412 g/mol. The summed E-state index contributed by atoms with van der Waals surface area (Å²) >= 11 is 0. The van der Waals surface area contributed by atoms with Crippen molar-refractivity contribution >= 4 is 40.7 Å². The molecule has 3 aromatic rings. The zero-order valence-corrected chi connectivity index (χ0v) is 17.1. The predicted octanol–water partition coefficient (Wildman–Crippen LogP) is 3.13. The van der Waals surface area contributed by atoms with Crippen molar-refractivity contribution in [2.75, 3.05) is 36.9 Å². The van der Waals surface area contributed by atoms with E-state index in [1.54, 1.807) is 12.1 Å². The average molecular weight is 413 g/mol. The van der Waals surface area contributed by atoms with Crippen molar-refractivity contribution in [3.8, 4) is 5.75 Å². The van der Waals surface area contributed by atoms with Gasteiger partial charge >= 0.3 is 0 Å². The van der Waals surface area contributed by atoms with Crippen molar-refractivity contribution in [3.05, 3.63) is 59.7 Å². The minimum absolute atomic E-state index is 0. The van der Waals surface area contributed by atoms with Crippen molar-refractivity contribution in [2.24, 2.45) is 0 Å². The molecule has 29 heavy (non-hydrogen) atoms. The maximum absolute atomic E-state index is 12.6. The Labute approximate surface area is 176 Å². The third-order valence-electron chi connectivity index (χ3n) is 5.11. The number of anilines is 2. The summed E-state index contributed by atoms with van der Waals surface area (Å²) in [5.74, 6) is 1.16. The summed E-state index contributed by atoms with van der Waals surface area (Å²) < 4.78 is 0. The highest BCUT2D eigenvalue weighted by Crippen LogP contribution is 2.36. The van der Waals surface area contributed by atoms with Gasteiger partial charge in [0.05, 0.1) is 17.7 Å². The van der Waals surface area contributed by atoms with Crippen LogP contribution >= 0.6 is 12.4 Å². The maximum Gasteiger partial charge on any atom is 0.238 e. The normalized spacial score (nSPS) is 12.5. The Kier molecular flexibility index (Phi) is 6.56. The molecule has 152 valence electrons. The lowest BCUT2D eigenvalue weighted by molar-refractivity contribution is -0.115. The van der Waals surface area contributed by atoms with E-state index in [9.17, 15) is 9.90 Å². The molecule has 0 radical (unpaired) electrons. The number of likely N-dealkylation sites (N-methyl/N-ethyl adjacent to an activating group) is 1. The Morgan fingerprint density at radius 1 is 1.17 bits per heavy atom. The molecular weight excluding hydrogens is 388 g/mol. The fourth-order valence-corrected chi connectivity index (χ4v) is 3.60. The molecule has 3 N–H and O–H groups in total. The van der Waals surface area contributed by atoms with Crippen molar-refractivity contribution in [2.45, 2.75) is 12.8 Å². The van der Waals surface area contributed by atoms with E-state index in [1.165, 1.54) is 0 Å². The van der Waals surface area contributed by atoms with Crippen molar-refractivity contribution in [1.82, 2.24) is 10.3 Å². The Bertz CT molecular complexity index is 1010. The third kappa shape index (κ3) is 4.60. The van der Waals surface area contributed by atoms with E-state index in [1.807, 2.05) is 43.4 Å². The SMILES string of the molecule is CN1CCc2c1nc1ccccc1c2NC(=O)CNCCc1ccc(O)cc1.Cl. The van der Waals surface area contributed by atoms with Gasteiger partial charge in [-0.3, -0.25) is 4.79 Å². The van der Waals surface area contributed by atoms with Crippen LogP contribution in [-0.2, 0) is 17.6 Å². The Morgan fingerprint density at radius 2 is 1.93 bits per heavy atom. The summed E-state index contributed by atoms with van der Waals surface area (Å²) in [6.45, 7) is 1.85. The number of hydrogen-bond donors (Lipinski definition) is 3. The number of para-hydroxylation sites is 1. The second-order valence-corrected chi connectivity index (χ2v) is 7.12. The lowest BCUT2D eigenvalue weighted by Gasteiger charge is -2.16. The van der Waals surface area contributed by atoms with Gasteiger partial charge in [0.1, 0.15) is 11.6 Å². The van der Waals surface area contributed by atoms with Crippen LogP contribution in [0.25, 0.3) is 10.9 Å². The summed E-state index contributed by atoms with van der Waals surface area (Å²) in [5.41, 5.74) is 4.01. The molecule has 0 atom stereocenters. The van der Waals surface area contributed by atoms with Crippen molar-refractivity contribution < 1.29 is 9.90 Å². The summed E-state index contributed by atoms with van der Waals surface area (Å²) in [6.07, 6.45) is 1.68. The number of nitrogens with zero attached hydrogens (tertiary/aromatic N) is 2. The Balaban J connectivity index is 0.00000240. The highest BCUT2D eigenvalue weighted by Gasteiger charge is 2.24. The number of halogens is 1. The molecule has 0 aliphatic carbocycles. The van der Waals surface area contributed by atoms with Gasteiger partial charge in [-0.2, -0.15) is 0 Å². The molecule has 1 aromatic heterocycles. The standard InChI is InChI=1S/C22H24N4O2.ClH/c1-26-13-11-18-21(17-4-2-3-5-19(17)24-22(18)26)25-20(28)14-23-12-10-15-6-8-16(27)9-7-15;/h2-9,23,27H,10-14H2,1H3,(H,24,25,28);1H. The fourth-order valence-electron chi connectivity index (χ4n) is 3.60. The van der Waals surface area contributed by atoms with Crippen LogP contribution < -0.4 is 15.5 Å². The molecule has 2 heterocycles. The number of pyridine rings is 1. The number of carbonyl (C=O) groups excluding carboxylic acids is 1. The van der Waals surface area contributed by atoms with Gasteiger partial charge < -0.3 is 20.6 Å². The van der Waals surface area contributed by atoms with Crippen molar-refractivity contribution in [3.63, 3.8) is 0 Å². The van der Waals surface area contributed by atoms with Gasteiger partial charge in [-0.1, -0.05) is 30.3 Å². The molecule has 0 saturated heterocycles. The summed E-state index contributed by atoms with van der Waals surface area (Å²) in [6, 6.07) is 15.1. The van der Waals surface area contributed by atoms with E-state index in [0.29, 0.717) is 6.54 Å². The van der Waals surface area contributed by atoms with Crippen LogP contribution in [0.4, 0.5) is 11.5 Å². The second kappa shape index (κ2) is 9.11. The Hall–Kier alpha value is -2.83. The van der Waals surface area contributed by atoms with E-state index >= 15 is 0 Å². The number of rotatable bonds is 6. The first-order valence-corrected chi connectivity index (χ1v) is 9.53. The van der Waals surface area contributed by atoms with Gasteiger partial charge in [-0.05, 0) is 43.1 Å². The molecule has 1 amide bonds. The minimum Gasteiger partial charge on any atom is -0.508 e. The summed E-state index contributed by atoms with van der Waals surface area (Å²) in [4.78, 5) is 19.4. The molecule has 0 spiro atoms. The van der Waals surface area contributed by atoms with Gasteiger partial charge in [0.2, 0.25) is 5.91 Å². The third-order valence-corrected chi connectivity index (χ3v) is 5.11. The van der Waals surface area contributed by atoms with Crippen LogP contribution in [0.3, 0.4) is 0 Å². The number of amides is 1. The number of phenols is 1. The smallest absolute Gasteiger partial charge is 0.238 e. The van der Waals surface area contributed by atoms with Gasteiger partial charge in [-0.15, -0.1) is 12.4 Å². The predicted molar refractivity (Wildman–Crippen MR) is 119 cm³/mol. The first-order chi connectivity index (χ1) is 13.6. The number of fused-ring (bicyclic) bond motifs is 2. The molecule has 1 aliphatic heterocycles. The number of aromatic hydroxyl groups is 1. The summed E-state index contributed by atoms with van der Waals surface area (Å²) in [7, 11) is 2.03. The number of benzene rings is 2. The van der Waals surface area contributed by atoms with E-state index in [2.05, 4.69) is 15.5 Å². The molecule has 2 aromatic carbocycles. The molecule has 6 nitrogen and oxygen atoms in total. The first-order valence-electron chi connectivity index (χ1n) is 9.53. The van der Waals surface area contributed by atoms with Gasteiger partial charge in [0.15, 0.2) is 0 Å². The maximum atomic E-state index is 12.6. The Morgan fingerprint density at radius 3 is 2.72 bits per heavy atom. The van der Waals surface area contributed by atoms with Crippen LogP contribution in [-0.4, -0.2) is 42.7 Å². The van der Waals surface area contributed by atoms with Gasteiger partial charge in [0, 0.05) is 24.5 Å². The average Bonchev–Trinajstić information content (AvgIpc) is 3.07. The van der Waals surface area contributed by atoms with Gasteiger partial charge in [0.25, 0.3) is 0 Å². The number of phenolic OH excluding ortho intramolecular Hbond substituents is 1. The van der Waals surface area contributed by atoms with E-state index < -0.39 is 0 Å². The van der Waals surface area contributed by atoms with Crippen LogP contribution in [0.15, 0.2) is 48.5 Å². The van der Waals surface area contributed by atoms with Crippen LogP contribution in [0, 0.1) is 0 Å². The lowest BCUT2D eigenvalue weighted by atomic mass is 10.1. The second-order valence-electron chi connectivity index (χ2n) is 7.12. The van der Waals surface area contributed by atoms with E-state index in [0.717, 1.165) is 52.9 Å². The molecule has 7 heteroatoms. The van der Waals surface area contributed by atoms with Crippen LogP contribution in [0.5, 0.6) is 5.75 Å². The lowest BCUT2D eigenvalue weighted by Crippen LogP contribution is -2.30. The largest absolute Gasteiger partial charge is 0.508 e. The number of nitrogens with one attached hydrogen (secondary N) is 2.